The minimum Gasteiger partial charge on any atom is -0.381 e. The molecule has 1 aliphatic carbocycles. The molecule has 3 rings (SSSR count). The number of nitrogens with two attached hydrogens (primary N) is 1. The van der Waals surface area contributed by atoms with E-state index in [4.69, 9.17) is 5.73 Å². The Morgan fingerprint density at radius 1 is 1.47 bits per heavy atom. The first-order valence-corrected chi connectivity index (χ1v) is 7.72. The average molecular weight is 280 g/mol. The Morgan fingerprint density at radius 2 is 2.21 bits per heavy atom. The molecule has 0 bridgehead atoms. The Labute approximate surface area is 111 Å². The Kier molecular flexibility index (Phi) is 2.75. The normalized spacial score (nSPS) is 17.7. The van der Waals surface area contributed by atoms with Gasteiger partial charge in [-0.1, -0.05) is 6.07 Å². The fourth-order valence-electron chi connectivity index (χ4n) is 2.25. The lowest BCUT2D eigenvalue weighted by atomic mass is 10.2. The molecule has 2 aromatic heterocycles. The number of sulfonamides is 1. The molecule has 0 amide bonds. The molecule has 3 N–H and O–H groups in total. The summed E-state index contributed by atoms with van der Waals surface area (Å²) in [6.45, 7) is 1.88. The summed E-state index contributed by atoms with van der Waals surface area (Å²) < 4.78 is 29.0. The fraction of sp³-hybridized carbons (Fsp3) is 0.417. The number of pyridine rings is 1. The predicted octanol–water partition coefficient (Wildman–Crippen LogP) is 0.993. The first-order valence-electron chi connectivity index (χ1n) is 6.24. The number of hydrogen-bond acceptors (Lipinski definition) is 4. The van der Waals surface area contributed by atoms with E-state index >= 15 is 0 Å². The molecule has 1 unspecified atom stereocenters. The van der Waals surface area contributed by atoms with Crippen LogP contribution in [0.1, 0.15) is 19.8 Å². The molecule has 0 saturated heterocycles. The largest absolute Gasteiger partial charge is 0.381 e. The van der Waals surface area contributed by atoms with Crippen LogP contribution in [-0.4, -0.2) is 23.8 Å². The highest BCUT2D eigenvalue weighted by Crippen LogP contribution is 2.33. The molecule has 1 aliphatic rings. The fourth-order valence-corrected chi connectivity index (χ4v) is 3.78. The van der Waals surface area contributed by atoms with Crippen LogP contribution in [-0.2, 0) is 10.0 Å². The van der Waals surface area contributed by atoms with Gasteiger partial charge >= 0.3 is 0 Å². The van der Waals surface area contributed by atoms with E-state index in [0.29, 0.717) is 11.6 Å². The molecule has 19 heavy (non-hydrogen) atoms. The van der Waals surface area contributed by atoms with Gasteiger partial charge in [-0.25, -0.2) is 18.1 Å². The Balaban J connectivity index is 2.04. The van der Waals surface area contributed by atoms with E-state index in [2.05, 4.69) is 9.71 Å². The number of rotatable bonds is 4. The molecule has 0 spiro atoms. The third-order valence-corrected chi connectivity index (χ3v) is 5.03. The second-order valence-electron chi connectivity index (χ2n) is 4.98. The van der Waals surface area contributed by atoms with E-state index < -0.39 is 10.0 Å². The summed E-state index contributed by atoms with van der Waals surface area (Å²) in [6, 6.07) is 5.19. The topological polar surface area (TPSA) is 89.5 Å². The summed E-state index contributed by atoms with van der Waals surface area (Å²) >= 11 is 0. The zero-order valence-corrected chi connectivity index (χ0v) is 11.4. The van der Waals surface area contributed by atoms with Crippen LogP contribution in [0.5, 0.6) is 0 Å². The quantitative estimate of drug-likeness (QED) is 0.874. The molecule has 102 valence electrons. The van der Waals surface area contributed by atoms with E-state index in [1.807, 2.05) is 6.92 Å². The van der Waals surface area contributed by atoms with Crippen molar-refractivity contribution in [1.82, 2.24) is 14.1 Å². The van der Waals surface area contributed by atoms with Gasteiger partial charge in [0.05, 0.1) is 0 Å². The van der Waals surface area contributed by atoms with Gasteiger partial charge in [-0.15, -0.1) is 0 Å². The van der Waals surface area contributed by atoms with Gasteiger partial charge in [-0.3, -0.25) is 4.40 Å². The summed E-state index contributed by atoms with van der Waals surface area (Å²) in [5.74, 6) is 0.469. The minimum atomic E-state index is -3.65. The van der Waals surface area contributed by atoms with Crippen LogP contribution in [0.3, 0.4) is 0 Å². The molecule has 2 aromatic rings. The van der Waals surface area contributed by atoms with Gasteiger partial charge in [0.2, 0.25) is 0 Å². The molecule has 1 atom stereocenters. The number of hydrogen-bond donors (Lipinski definition) is 2. The molecule has 1 fully saturated rings. The molecule has 1 saturated carbocycles. The highest BCUT2D eigenvalue weighted by molar-refractivity contribution is 7.89. The SMILES string of the molecule is CC(NS(=O)(=O)c1c(N)nc2ccccn12)C1CC1. The predicted molar refractivity (Wildman–Crippen MR) is 72.1 cm³/mol. The van der Waals surface area contributed by atoms with Crippen LogP contribution in [0, 0.1) is 5.92 Å². The van der Waals surface area contributed by atoms with E-state index in [1.54, 1.807) is 24.4 Å². The summed E-state index contributed by atoms with van der Waals surface area (Å²) in [4.78, 5) is 4.07. The van der Waals surface area contributed by atoms with Crippen molar-refractivity contribution < 1.29 is 8.42 Å². The molecule has 0 aromatic carbocycles. The molecule has 6 nitrogen and oxygen atoms in total. The number of anilines is 1. The number of aromatic nitrogens is 2. The maximum atomic E-state index is 12.4. The maximum absolute atomic E-state index is 12.4. The Morgan fingerprint density at radius 3 is 2.89 bits per heavy atom. The van der Waals surface area contributed by atoms with Gasteiger partial charge in [0.25, 0.3) is 10.0 Å². The van der Waals surface area contributed by atoms with E-state index in [1.165, 1.54) is 4.40 Å². The molecule has 7 heteroatoms. The minimum absolute atomic E-state index is 0.0237. The van der Waals surface area contributed by atoms with Crippen molar-refractivity contribution in [3.63, 3.8) is 0 Å². The third kappa shape index (κ3) is 2.19. The molecule has 2 heterocycles. The van der Waals surface area contributed by atoms with Crippen molar-refractivity contribution in [3.8, 4) is 0 Å². The highest BCUT2D eigenvalue weighted by Gasteiger charge is 2.33. The summed E-state index contributed by atoms with van der Waals surface area (Å²) in [6.07, 6.45) is 3.80. The van der Waals surface area contributed by atoms with Gasteiger partial charge in [0.1, 0.15) is 5.65 Å². The molecule has 0 aliphatic heterocycles. The molecule has 0 radical (unpaired) electrons. The maximum Gasteiger partial charge on any atom is 0.260 e. The van der Waals surface area contributed by atoms with Crippen LogP contribution < -0.4 is 10.5 Å². The van der Waals surface area contributed by atoms with Crippen LogP contribution in [0.15, 0.2) is 29.4 Å². The van der Waals surface area contributed by atoms with Crippen molar-refractivity contribution in [3.05, 3.63) is 24.4 Å². The van der Waals surface area contributed by atoms with Gasteiger partial charge < -0.3 is 5.73 Å². The molecular formula is C12H16N4O2S. The lowest BCUT2D eigenvalue weighted by Gasteiger charge is -2.13. The van der Waals surface area contributed by atoms with Crippen molar-refractivity contribution in [2.24, 2.45) is 5.92 Å². The average Bonchev–Trinajstić information content (AvgIpc) is 3.10. The van der Waals surface area contributed by atoms with Crippen molar-refractivity contribution in [1.29, 1.82) is 0 Å². The number of nitrogen functional groups attached to an aromatic ring is 1. The van der Waals surface area contributed by atoms with Crippen LogP contribution in [0.25, 0.3) is 5.65 Å². The zero-order valence-electron chi connectivity index (χ0n) is 10.6. The van der Waals surface area contributed by atoms with Crippen LogP contribution in [0.2, 0.25) is 0 Å². The third-order valence-electron chi connectivity index (χ3n) is 3.44. The van der Waals surface area contributed by atoms with E-state index in [-0.39, 0.29) is 16.9 Å². The highest BCUT2D eigenvalue weighted by atomic mass is 32.2. The Bertz CT molecular complexity index is 718. The van der Waals surface area contributed by atoms with Crippen LogP contribution >= 0.6 is 0 Å². The number of imidazole rings is 1. The monoisotopic (exact) mass is 280 g/mol. The van der Waals surface area contributed by atoms with Crippen molar-refractivity contribution >= 4 is 21.5 Å². The lowest BCUT2D eigenvalue weighted by molar-refractivity contribution is 0.535. The number of nitrogens with zero attached hydrogens (tertiary/aromatic N) is 2. The first-order chi connectivity index (χ1) is 8.99. The van der Waals surface area contributed by atoms with Crippen LogP contribution in [0.4, 0.5) is 5.82 Å². The van der Waals surface area contributed by atoms with Gasteiger partial charge in [0.15, 0.2) is 10.8 Å². The zero-order chi connectivity index (χ0) is 13.6. The van der Waals surface area contributed by atoms with E-state index in [9.17, 15) is 8.42 Å². The lowest BCUT2D eigenvalue weighted by Crippen LogP contribution is -2.35. The van der Waals surface area contributed by atoms with Gasteiger partial charge in [-0.2, -0.15) is 0 Å². The summed E-state index contributed by atoms with van der Waals surface area (Å²) in [5.41, 5.74) is 6.28. The smallest absolute Gasteiger partial charge is 0.260 e. The standard InChI is InChI=1S/C12H16N4O2S/c1-8(9-5-6-9)15-19(17,18)12-11(13)14-10-4-2-3-7-16(10)12/h2-4,7-9,15H,5-6,13H2,1H3. The number of fused-ring (bicyclic) bond motifs is 1. The molecular weight excluding hydrogens is 264 g/mol. The first kappa shape index (κ1) is 12.4. The van der Waals surface area contributed by atoms with Gasteiger partial charge in [0, 0.05) is 12.2 Å². The van der Waals surface area contributed by atoms with E-state index in [0.717, 1.165) is 12.8 Å². The van der Waals surface area contributed by atoms with Gasteiger partial charge in [-0.05, 0) is 37.8 Å². The van der Waals surface area contributed by atoms with Crippen molar-refractivity contribution in [2.75, 3.05) is 5.73 Å². The second-order valence-corrected chi connectivity index (χ2v) is 6.61. The summed E-state index contributed by atoms with van der Waals surface area (Å²) in [7, 11) is -3.65. The Hall–Kier alpha value is -1.60. The summed E-state index contributed by atoms with van der Waals surface area (Å²) in [5, 5.41) is 0.0237. The van der Waals surface area contributed by atoms with Crippen molar-refractivity contribution in [2.45, 2.75) is 30.8 Å². The second kappa shape index (κ2) is 4.21. The number of nitrogens with one attached hydrogen (secondary N) is 1.